The minimum Gasteiger partial charge on any atom is -0.444 e. The summed E-state index contributed by atoms with van der Waals surface area (Å²) in [6.45, 7) is 0.898. The van der Waals surface area contributed by atoms with Gasteiger partial charge in [0.15, 0.2) is 0 Å². The molecule has 0 spiro atoms. The first-order valence-electron chi connectivity index (χ1n) is 14.6. The van der Waals surface area contributed by atoms with Crippen molar-refractivity contribution < 1.29 is 27.5 Å². The van der Waals surface area contributed by atoms with Crippen LogP contribution in [0.15, 0.2) is 72.5 Å². The summed E-state index contributed by atoms with van der Waals surface area (Å²) in [5.41, 5.74) is 1.73. The molecule has 4 aromatic rings. The van der Waals surface area contributed by atoms with Crippen molar-refractivity contribution in [1.82, 2.24) is 20.2 Å². The third kappa shape index (κ3) is 6.86. The number of benzene rings is 2. The van der Waals surface area contributed by atoms with E-state index in [0.717, 1.165) is 48.3 Å². The van der Waals surface area contributed by atoms with Crippen molar-refractivity contribution >= 4 is 39.9 Å². The van der Waals surface area contributed by atoms with Crippen LogP contribution in [-0.2, 0) is 22.3 Å². The zero-order valence-corrected chi connectivity index (χ0v) is 24.7. The van der Waals surface area contributed by atoms with Crippen molar-refractivity contribution in [2.75, 3.05) is 24.5 Å². The van der Waals surface area contributed by atoms with Gasteiger partial charge in [-0.2, -0.15) is 13.2 Å². The smallest absolute Gasteiger partial charge is 0.416 e. The molecule has 2 aromatic heterocycles. The molecule has 0 unspecified atom stereocenters. The molecule has 2 aromatic carbocycles. The number of pyridine rings is 1. The van der Waals surface area contributed by atoms with E-state index in [9.17, 15) is 22.8 Å². The lowest BCUT2D eigenvalue weighted by molar-refractivity contribution is -0.137. The molecule has 2 aliphatic rings. The van der Waals surface area contributed by atoms with Crippen LogP contribution in [0.1, 0.15) is 47.6 Å². The minimum atomic E-state index is -4.59. The summed E-state index contributed by atoms with van der Waals surface area (Å²) in [4.78, 5) is 39.8. The Morgan fingerprint density at radius 1 is 1.05 bits per heavy atom. The van der Waals surface area contributed by atoms with Crippen LogP contribution in [0.4, 0.5) is 23.8 Å². The zero-order chi connectivity index (χ0) is 30.7. The summed E-state index contributed by atoms with van der Waals surface area (Å²) in [6.07, 6.45) is 2.32. The second-order valence-electron chi connectivity index (χ2n) is 11.3. The van der Waals surface area contributed by atoms with Crippen LogP contribution < -0.4 is 10.2 Å². The van der Waals surface area contributed by atoms with Gasteiger partial charge in [0, 0.05) is 41.8 Å². The standard InChI is InChI=1S/C32H32F3N5O3S/c33-32(34,35)24-9-6-22-12-13-37-30(27(22)14-24)40(31(42)43-19-21-4-2-1-3-5-21)18-29(41)38-25-16-39(17-25)26-10-7-23(8-11-26)28-15-36-20-44-28/h1-6,9,12-15,20,23,25-26H,7-8,10-11,16-19H2,(H,38,41). The maximum absolute atomic E-state index is 13.6. The predicted octanol–water partition coefficient (Wildman–Crippen LogP) is 6.38. The quantitative estimate of drug-likeness (QED) is 0.245. The van der Waals surface area contributed by atoms with Crippen LogP contribution in [0.2, 0.25) is 0 Å². The Hall–Kier alpha value is -4.03. The number of fused-ring (bicyclic) bond motifs is 1. The fourth-order valence-electron chi connectivity index (χ4n) is 6.04. The molecular weight excluding hydrogens is 591 g/mol. The molecule has 1 saturated carbocycles. The molecule has 0 bridgehead atoms. The van der Waals surface area contributed by atoms with E-state index in [-0.39, 0.29) is 23.9 Å². The van der Waals surface area contributed by atoms with Crippen molar-refractivity contribution in [2.45, 2.75) is 56.5 Å². The van der Waals surface area contributed by atoms with Gasteiger partial charge in [0.1, 0.15) is 19.0 Å². The molecule has 3 heterocycles. The number of thiazole rings is 1. The van der Waals surface area contributed by atoms with Crippen LogP contribution in [0.5, 0.6) is 0 Å². The highest BCUT2D eigenvalue weighted by molar-refractivity contribution is 7.09. The summed E-state index contributed by atoms with van der Waals surface area (Å²) in [5.74, 6) is 0.0544. The van der Waals surface area contributed by atoms with Crippen LogP contribution >= 0.6 is 11.3 Å². The van der Waals surface area contributed by atoms with Crippen LogP contribution in [0.3, 0.4) is 0 Å². The fraction of sp³-hybridized carbons (Fsp3) is 0.375. The molecule has 12 heteroatoms. The van der Waals surface area contributed by atoms with Crippen LogP contribution in [0.25, 0.3) is 10.8 Å². The van der Waals surface area contributed by atoms with Gasteiger partial charge in [-0.1, -0.05) is 36.4 Å². The fourth-order valence-corrected chi connectivity index (χ4v) is 6.83. The lowest BCUT2D eigenvalue weighted by Gasteiger charge is -2.46. The first-order valence-corrected chi connectivity index (χ1v) is 15.5. The molecule has 230 valence electrons. The van der Waals surface area contributed by atoms with Crippen molar-refractivity contribution in [3.05, 3.63) is 88.5 Å². The van der Waals surface area contributed by atoms with Crippen molar-refractivity contribution in [3.63, 3.8) is 0 Å². The third-order valence-corrected chi connectivity index (χ3v) is 9.34. The Kier molecular flexibility index (Phi) is 8.81. The number of anilines is 1. The van der Waals surface area contributed by atoms with Gasteiger partial charge in [-0.15, -0.1) is 11.3 Å². The van der Waals surface area contributed by atoms with E-state index in [4.69, 9.17) is 4.74 Å². The average molecular weight is 624 g/mol. The SMILES string of the molecule is O=C(CN(C(=O)OCc1ccccc1)c1nccc2ccc(C(F)(F)F)cc12)NC1CN(C2CCC(c3cncs3)CC2)C1. The molecule has 8 nitrogen and oxygen atoms in total. The number of aromatic nitrogens is 2. The number of hydrogen-bond acceptors (Lipinski definition) is 7. The lowest BCUT2D eigenvalue weighted by atomic mass is 9.83. The summed E-state index contributed by atoms with van der Waals surface area (Å²) < 4.78 is 46.2. The van der Waals surface area contributed by atoms with E-state index in [0.29, 0.717) is 30.4 Å². The van der Waals surface area contributed by atoms with E-state index in [1.54, 1.807) is 41.7 Å². The van der Waals surface area contributed by atoms with Gasteiger partial charge in [-0.25, -0.2) is 9.78 Å². The predicted molar refractivity (Wildman–Crippen MR) is 161 cm³/mol. The highest BCUT2D eigenvalue weighted by atomic mass is 32.1. The second kappa shape index (κ2) is 12.9. The number of carbonyl (C=O) groups excluding carboxylic acids is 2. The molecule has 44 heavy (non-hydrogen) atoms. The number of carbonyl (C=O) groups is 2. The number of nitrogens with zero attached hydrogens (tertiary/aromatic N) is 4. The topological polar surface area (TPSA) is 87.7 Å². The molecule has 0 atom stereocenters. The summed E-state index contributed by atoms with van der Waals surface area (Å²) in [5, 5.41) is 3.53. The molecule has 1 saturated heterocycles. The number of nitrogens with one attached hydrogen (secondary N) is 1. The van der Waals surface area contributed by atoms with Gasteiger partial charge < -0.3 is 10.1 Å². The number of likely N-dealkylation sites (tertiary alicyclic amines) is 1. The van der Waals surface area contributed by atoms with Gasteiger partial charge in [0.25, 0.3) is 0 Å². The first-order chi connectivity index (χ1) is 21.2. The summed E-state index contributed by atoms with van der Waals surface area (Å²) in [7, 11) is 0. The number of ether oxygens (including phenoxy) is 1. The zero-order valence-electron chi connectivity index (χ0n) is 23.9. The third-order valence-electron chi connectivity index (χ3n) is 8.40. The Morgan fingerprint density at radius 2 is 1.82 bits per heavy atom. The normalized spacial score (nSPS) is 19.3. The molecule has 6 rings (SSSR count). The Bertz CT molecular complexity index is 1590. The van der Waals surface area contributed by atoms with Crippen LogP contribution in [0, 0.1) is 0 Å². The monoisotopic (exact) mass is 623 g/mol. The van der Waals surface area contributed by atoms with Gasteiger partial charge in [-0.3, -0.25) is 19.6 Å². The van der Waals surface area contributed by atoms with E-state index in [2.05, 4.69) is 20.2 Å². The maximum Gasteiger partial charge on any atom is 0.416 e. The molecule has 1 aliphatic carbocycles. The van der Waals surface area contributed by atoms with Crippen molar-refractivity contribution in [2.24, 2.45) is 0 Å². The molecular formula is C32H32F3N5O3S. The second-order valence-corrected chi connectivity index (χ2v) is 12.2. The molecule has 2 amide bonds. The largest absolute Gasteiger partial charge is 0.444 e. The van der Waals surface area contributed by atoms with E-state index >= 15 is 0 Å². The highest BCUT2D eigenvalue weighted by Crippen LogP contribution is 2.37. The summed E-state index contributed by atoms with van der Waals surface area (Å²) >= 11 is 1.71. The Labute approximate surface area is 256 Å². The maximum atomic E-state index is 13.6. The van der Waals surface area contributed by atoms with Gasteiger partial charge in [0.2, 0.25) is 5.91 Å². The van der Waals surface area contributed by atoms with Crippen molar-refractivity contribution in [3.8, 4) is 0 Å². The number of amides is 2. The van der Waals surface area contributed by atoms with Crippen LogP contribution in [-0.4, -0.2) is 58.6 Å². The number of hydrogen-bond donors (Lipinski definition) is 1. The van der Waals surface area contributed by atoms with E-state index in [1.807, 2.05) is 17.8 Å². The van der Waals surface area contributed by atoms with E-state index < -0.39 is 30.3 Å². The molecule has 2 fully saturated rings. The Balaban J connectivity index is 1.12. The molecule has 0 radical (unpaired) electrons. The number of alkyl halides is 3. The Morgan fingerprint density at radius 3 is 2.52 bits per heavy atom. The number of rotatable bonds is 8. The molecule has 1 N–H and O–H groups in total. The van der Waals surface area contributed by atoms with Crippen molar-refractivity contribution in [1.29, 1.82) is 0 Å². The molecule has 1 aliphatic heterocycles. The van der Waals surface area contributed by atoms with Gasteiger partial charge in [-0.05, 0) is 60.7 Å². The number of halogens is 3. The highest BCUT2D eigenvalue weighted by Gasteiger charge is 2.37. The summed E-state index contributed by atoms with van der Waals surface area (Å²) in [6, 6.07) is 14.2. The van der Waals surface area contributed by atoms with E-state index in [1.165, 1.54) is 17.1 Å². The first kappa shape index (κ1) is 30.0. The van der Waals surface area contributed by atoms with Gasteiger partial charge >= 0.3 is 12.3 Å². The average Bonchev–Trinajstić information content (AvgIpc) is 3.55. The van der Waals surface area contributed by atoms with Gasteiger partial charge in [0.05, 0.1) is 17.1 Å². The minimum absolute atomic E-state index is 0.0703. The lowest BCUT2D eigenvalue weighted by Crippen LogP contribution is -2.63.